The topological polar surface area (TPSA) is 76.7 Å². The molecule has 0 bridgehead atoms. The van der Waals surface area contributed by atoms with Crippen LogP contribution in [0.2, 0.25) is 0 Å². The summed E-state index contributed by atoms with van der Waals surface area (Å²) < 4.78 is 48.0. The standard InChI is InChI=1S/C23H19F3N2O4/c1-31-18-10-11-20(19(13-18)22(30)32-2)27-17-5-3-4-14(12-17)21(29)28-16-8-6-15(7-9-16)23(24,25)26/h3-13,27H,1-2H3,(H,28,29). The quantitative estimate of drug-likeness (QED) is 0.491. The molecule has 0 fully saturated rings. The Morgan fingerprint density at radius 2 is 1.59 bits per heavy atom. The SMILES string of the molecule is COC(=O)c1cc(OC)ccc1Nc1cccc(C(=O)Nc2ccc(C(F)(F)F)cc2)c1. The van der Waals surface area contributed by atoms with E-state index in [1.54, 1.807) is 36.4 Å². The minimum Gasteiger partial charge on any atom is -0.497 e. The lowest BCUT2D eigenvalue weighted by atomic mass is 10.1. The van der Waals surface area contributed by atoms with Crippen LogP contribution in [0.15, 0.2) is 66.7 Å². The summed E-state index contributed by atoms with van der Waals surface area (Å²) in [5.74, 6) is -0.598. The van der Waals surface area contributed by atoms with Gasteiger partial charge in [0.05, 0.1) is 31.0 Å². The Morgan fingerprint density at radius 1 is 0.875 bits per heavy atom. The van der Waals surface area contributed by atoms with Crippen molar-refractivity contribution in [1.82, 2.24) is 0 Å². The Kier molecular flexibility index (Phi) is 6.67. The molecule has 3 rings (SSSR count). The van der Waals surface area contributed by atoms with Gasteiger partial charge in [-0.2, -0.15) is 13.2 Å². The average molecular weight is 444 g/mol. The summed E-state index contributed by atoms with van der Waals surface area (Å²) in [5, 5.41) is 5.62. The molecule has 3 aromatic carbocycles. The highest BCUT2D eigenvalue weighted by atomic mass is 19.4. The third-order valence-corrected chi connectivity index (χ3v) is 4.51. The second-order valence-electron chi connectivity index (χ2n) is 6.64. The van der Waals surface area contributed by atoms with E-state index in [-0.39, 0.29) is 16.8 Å². The summed E-state index contributed by atoms with van der Waals surface area (Å²) in [6.07, 6.45) is -4.45. The summed E-state index contributed by atoms with van der Waals surface area (Å²) in [5.41, 5.74) is 0.889. The molecular weight excluding hydrogens is 425 g/mol. The number of halogens is 3. The van der Waals surface area contributed by atoms with E-state index in [4.69, 9.17) is 9.47 Å². The number of anilines is 3. The van der Waals surface area contributed by atoms with E-state index in [0.29, 0.717) is 17.1 Å². The van der Waals surface area contributed by atoms with Crippen LogP contribution in [-0.2, 0) is 10.9 Å². The Hall–Kier alpha value is -4.01. The van der Waals surface area contributed by atoms with Gasteiger partial charge in [0, 0.05) is 16.9 Å². The molecule has 0 saturated carbocycles. The van der Waals surface area contributed by atoms with Crippen LogP contribution in [0, 0.1) is 0 Å². The van der Waals surface area contributed by atoms with Crippen molar-refractivity contribution >= 4 is 28.9 Å². The van der Waals surface area contributed by atoms with Crippen LogP contribution in [0.3, 0.4) is 0 Å². The Labute approximate surface area is 182 Å². The number of carbonyl (C=O) groups excluding carboxylic acids is 2. The minimum atomic E-state index is -4.45. The van der Waals surface area contributed by atoms with Gasteiger partial charge in [-0.05, 0) is 60.7 Å². The number of alkyl halides is 3. The summed E-state index contributed by atoms with van der Waals surface area (Å²) in [4.78, 5) is 24.7. The number of amides is 1. The lowest BCUT2D eigenvalue weighted by Gasteiger charge is -2.13. The van der Waals surface area contributed by atoms with E-state index in [9.17, 15) is 22.8 Å². The third-order valence-electron chi connectivity index (χ3n) is 4.51. The summed E-state index contributed by atoms with van der Waals surface area (Å²) in [6, 6.07) is 15.4. The fourth-order valence-electron chi connectivity index (χ4n) is 2.88. The van der Waals surface area contributed by atoms with Crippen molar-refractivity contribution in [3.63, 3.8) is 0 Å². The molecule has 0 aliphatic heterocycles. The smallest absolute Gasteiger partial charge is 0.416 e. The molecule has 0 atom stereocenters. The van der Waals surface area contributed by atoms with Crippen LogP contribution < -0.4 is 15.4 Å². The lowest BCUT2D eigenvalue weighted by molar-refractivity contribution is -0.137. The fraction of sp³-hybridized carbons (Fsp3) is 0.130. The van der Waals surface area contributed by atoms with E-state index >= 15 is 0 Å². The number of nitrogens with one attached hydrogen (secondary N) is 2. The van der Waals surface area contributed by atoms with E-state index in [0.717, 1.165) is 12.1 Å². The molecule has 0 radical (unpaired) electrons. The number of carbonyl (C=O) groups is 2. The highest BCUT2D eigenvalue weighted by Crippen LogP contribution is 2.30. The van der Waals surface area contributed by atoms with Gasteiger partial charge >= 0.3 is 12.1 Å². The van der Waals surface area contributed by atoms with Crippen molar-refractivity contribution in [1.29, 1.82) is 0 Å². The number of ether oxygens (including phenoxy) is 2. The molecule has 166 valence electrons. The molecule has 1 amide bonds. The lowest BCUT2D eigenvalue weighted by Crippen LogP contribution is -2.13. The Balaban J connectivity index is 1.78. The van der Waals surface area contributed by atoms with Crippen LogP contribution in [0.5, 0.6) is 5.75 Å². The molecule has 0 aliphatic carbocycles. The molecule has 9 heteroatoms. The highest BCUT2D eigenvalue weighted by molar-refractivity contribution is 6.05. The monoisotopic (exact) mass is 444 g/mol. The molecule has 6 nitrogen and oxygen atoms in total. The summed E-state index contributed by atoms with van der Waals surface area (Å²) >= 11 is 0. The molecule has 0 saturated heterocycles. The Morgan fingerprint density at radius 3 is 2.22 bits per heavy atom. The zero-order valence-corrected chi connectivity index (χ0v) is 17.1. The molecule has 0 unspecified atom stereocenters. The first kappa shape index (κ1) is 22.7. The number of benzene rings is 3. The maximum atomic E-state index is 12.7. The third kappa shape index (κ3) is 5.37. The van der Waals surface area contributed by atoms with Crippen LogP contribution in [0.25, 0.3) is 0 Å². The molecule has 32 heavy (non-hydrogen) atoms. The summed E-state index contributed by atoms with van der Waals surface area (Å²) in [7, 11) is 2.74. The van der Waals surface area contributed by atoms with Gasteiger partial charge in [0.25, 0.3) is 5.91 Å². The molecule has 0 heterocycles. The van der Waals surface area contributed by atoms with Gasteiger partial charge in [0.15, 0.2) is 0 Å². The van der Waals surface area contributed by atoms with Gasteiger partial charge in [0.1, 0.15) is 5.75 Å². The van der Waals surface area contributed by atoms with Crippen LogP contribution in [-0.4, -0.2) is 26.1 Å². The van der Waals surface area contributed by atoms with Gasteiger partial charge in [0.2, 0.25) is 0 Å². The van der Waals surface area contributed by atoms with Crippen LogP contribution >= 0.6 is 0 Å². The predicted octanol–water partition coefficient (Wildman–Crippen LogP) is 5.50. The molecule has 0 aromatic heterocycles. The van der Waals surface area contributed by atoms with Crippen molar-refractivity contribution in [3.8, 4) is 5.75 Å². The van der Waals surface area contributed by atoms with Gasteiger partial charge < -0.3 is 20.1 Å². The Bertz CT molecular complexity index is 1130. The van der Waals surface area contributed by atoms with Gasteiger partial charge in [-0.3, -0.25) is 4.79 Å². The van der Waals surface area contributed by atoms with E-state index in [1.165, 1.54) is 32.4 Å². The van der Waals surface area contributed by atoms with Crippen molar-refractivity contribution in [3.05, 3.63) is 83.4 Å². The summed E-state index contributed by atoms with van der Waals surface area (Å²) in [6.45, 7) is 0. The number of rotatable bonds is 6. The maximum absolute atomic E-state index is 12.7. The first-order valence-corrected chi connectivity index (χ1v) is 9.33. The molecule has 0 spiro atoms. The van der Waals surface area contributed by atoms with Gasteiger partial charge in [-0.25, -0.2) is 4.79 Å². The minimum absolute atomic E-state index is 0.226. The van der Waals surface area contributed by atoms with Crippen molar-refractivity contribution in [2.45, 2.75) is 6.18 Å². The van der Waals surface area contributed by atoms with Crippen molar-refractivity contribution in [2.75, 3.05) is 24.9 Å². The fourth-order valence-corrected chi connectivity index (χ4v) is 2.88. The molecular formula is C23H19F3N2O4. The first-order valence-electron chi connectivity index (χ1n) is 9.33. The molecule has 0 aliphatic rings. The largest absolute Gasteiger partial charge is 0.497 e. The van der Waals surface area contributed by atoms with E-state index in [2.05, 4.69) is 10.6 Å². The normalized spacial score (nSPS) is 10.9. The van der Waals surface area contributed by atoms with Gasteiger partial charge in [-0.1, -0.05) is 6.07 Å². The number of hydrogen-bond donors (Lipinski definition) is 2. The maximum Gasteiger partial charge on any atom is 0.416 e. The van der Waals surface area contributed by atoms with E-state index < -0.39 is 23.6 Å². The zero-order valence-electron chi connectivity index (χ0n) is 17.1. The van der Waals surface area contributed by atoms with Crippen molar-refractivity contribution in [2.24, 2.45) is 0 Å². The molecule has 3 aromatic rings. The van der Waals surface area contributed by atoms with Crippen molar-refractivity contribution < 1.29 is 32.2 Å². The number of hydrogen-bond acceptors (Lipinski definition) is 5. The second-order valence-corrected chi connectivity index (χ2v) is 6.64. The van der Waals surface area contributed by atoms with E-state index in [1.807, 2.05) is 0 Å². The van der Waals surface area contributed by atoms with Crippen LogP contribution in [0.4, 0.5) is 30.2 Å². The highest BCUT2D eigenvalue weighted by Gasteiger charge is 2.30. The molecule has 2 N–H and O–H groups in total. The second kappa shape index (κ2) is 9.42. The van der Waals surface area contributed by atoms with Gasteiger partial charge in [-0.15, -0.1) is 0 Å². The first-order chi connectivity index (χ1) is 15.2. The average Bonchev–Trinajstić information content (AvgIpc) is 2.78. The van der Waals surface area contributed by atoms with Crippen LogP contribution in [0.1, 0.15) is 26.3 Å². The zero-order chi connectivity index (χ0) is 23.3. The predicted molar refractivity (Wildman–Crippen MR) is 113 cm³/mol. The number of methoxy groups -OCH3 is 2. The number of esters is 1.